The highest BCUT2D eigenvalue weighted by Gasteiger charge is 2.32. The van der Waals surface area contributed by atoms with E-state index < -0.39 is 0 Å². The Balaban J connectivity index is 1.81. The van der Waals surface area contributed by atoms with E-state index in [4.69, 9.17) is 16.6 Å². The van der Waals surface area contributed by atoms with Crippen molar-refractivity contribution in [3.8, 4) is 0 Å². The number of nitrogens with one attached hydrogen (secondary N) is 1. The lowest BCUT2D eigenvalue weighted by Crippen LogP contribution is -2.33. The molecule has 1 N–H and O–H groups in total. The lowest BCUT2D eigenvalue weighted by molar-refractivity contribution is -0.121. The van der Waals surface area contributed by atoms with Gasteiger partial charge in [-0.05, 0) is 36.5 Å². The quantitative estimate of drug-likeness (QED) is 0.694. The van der Waals surface area contributed by atoms with E-state index in [1.807, 2.05) is 30.3 Å². The van der Waals surface area contributed by atoms with Crippen molar-refractivity contribution >= 4 is 46.0 Å². The molecule has 6 heteroatoms. The van der Waals surface area contributed by atoms with E-state index in [-0.39, 0.29) is 5.91 Å². The molecule has 20 heavy (non-hydrogen) atoms. The number of carbonyl (C=O) groups is 1. The Bertz CT molecular complexity index is 666. The maximum Gasteiger partial charge on any atom is 0.285 e. The van der Waals surface area contributed by atoms with Crippen molar-refractivity contribution in [3.63, 3.8) is 0 Å². The van der Waals surface area contributed by atoms with Gasteiger partial charge in [0, 0.05) is 6.08 Å². The van der Waals surface area contributed by atoms with Crippen molar-refractivity contribution in [2.75, 3.05) is 5.43 Å². The molecule has 0 bridgehead atoms. The van der Waals surface area contributed by atoms with E-state index in [1.165, 1.54) is 16.8 Å². The number of amides is 1. The number of carbonyl (C=O) groups excluding carboxylic acids is 1. The Morgan fingerprint density at radius 2 is 2.00 bits per heavy atom. The molecular formula is C14H10N2O2S2. The van der Waals surface area contributed by atoms with Gasteiger partial charge in [-0.2, -0.15) is 0 Å². The van der Waals surface area contributed by atoms with Crippen molar-refractivity contribution in [3.05, 3.63) is 59.4 Å². The molecule has 0 unspecified atom stereocenters. The van der Waals surface area contributed by atoms with Crippen LogP contribution in [-0.4, -0.2) is 15.2 Å². The molecule has 0 radical (unpaired) electrons. The highest BCUT2D eigenvalue weighted by molar-refractivity contribution is 8.26. The van der Waals surface area contributed by atoms with Crippen LogP contribution in [0, 0.1) is 0 Å². The van der Waals surface area contributed by atoms with Crippen molar-refractivity contribution in [1.29, 1.82) is 0 Å². The first kappa shape index (κ1) is 13.0. The Labute approximate surface area is 125 Å². The van der Waals surface area contributed by atoms with Gasteiger partial charge in [0.2, 0.25) is 0 Å². The first-order valence-electron chi connectivity index (χ1n) is 5.87. The summed E-state index contributed by atoms with van der Waals surface area (Å²) < 4.78 is 5.68. The number of nitrogens with zero attached hydrogens (tertiary/aromatic N) is 1. The molecule has 100 valence electrons. The van der Waals surface area contributed by atoms with E-state index in [2.05, 4.69) is 5.43 Å². The third kappa shape index (κ3) is 2.61. The molecule has 1 aliphatic rings. The molecule has 3 rings (SSSR count). The zero-order valence-corrected chi connectivity index (χ0v) is 11.9. The standard InChI is InChI=1S/C14H10N2O2S2/c17-13-12(9-11-7-4-8-18-11)20-14(19)16(13)15-10-5-2-1-3-6-10/h1-9,15H/b12-9-. The fraction of sp³-hybridized carbons (Fsp3) is 0. The molecule has 2 aromatic rings. The summed E-state index contributed by atoms with van der Waals surface area (Å²) in [6.45, 7) is 0. The van der Waals surface area contributed by atoms with E-state index in [9.17, 15) is 4.79 Å². The largest absolute Gasteiger partial charge is 0.465 e. The van der Waals surface area contributed by atoms with Crippen LogP contribution in [-0.2, 0) is 4.79 Å². The van der Waals surface area contributed by atoms with Crippen molar-refractivity contribution < 1.29 is 9.21 Å². The van der Waals surface area contributed by atoms with Crippen molar-refractivity contribution in [2.45, 2.75) is 0 Å². The first-order chi connectivity index (χ1) is 9.74. The maximum absolute atomic E-state index is 12.3. The Kier molecular flexibility index (Phi) is 3.58. The van der Waals surface area contributed by atoms with E-state index in [1.54, 1.807) is 24.5 Å². The first-order valence-corrected chi connectivity index (χ1v) is 7.10. The van der Waals surface area contributed by atoms with Crippen molar-refractivity contribution in [2.24, 2.45) is 0 Å². The number of hydrogen-bond acceptors (Lipinski definition) is 5. The fourth-order valence-electron chi connectivity index (χ4n) is 1.71. The summed E-state index contributed by atoms with van der Waals surface area (Å²) in [7, 11) is 0. The third-order valence-electron chi connectivity index (χ3n) is 2.62. The normalized spacial score (nSPS) is 17.0. The lowest BCUT2D eigenvalue weighted by atomic mass is 10.3. The molecule has 1 fully saturated rings. The summed E-state index contributed by atoms with van der Waals surface area (Å²) in [5, 5.41) is 1.37. The second kappa shape index (κ2) is 5.52. The number of hydrogen-bond donors (Lipinski definition) is 1. The Morgan fingerprint density at radius 1 is 1.20 bits per heavy atom. The molecule has 0 spiro atoms. The number of benzene rings is 1. The minimum absolute atomic E-state index is 0.180. The summed E-state index contributed by atoms with van der Waals surface area (Å²) >= 11 is 6.47. The fourth-order valence-corrected chi connectivity index (χ4v) is 2.87. The lowest BCUT2D eigenvalue weighted by Gasteiger charge is -2.16. The van der Waals surface area contributed by atoms with Gasteiger partial charge in [-0.3, -0.25) is 10.2 Å². The number of hydrazine groups is 1. The van der Waals surface area contributed by atoms with Gasteiger partial charge >= 0.3 is 0 Å². The minimum Gasteiger partial charge on any atom is -0.465 e. The smallest absolute Gasteiger partial charge is 0.285 e. The third-order valence-corrected chi connectivity index (χ3v) is 3.93. The molecule has 1 aliphatic heterocycles. The number of furan rings is 1. The number of rotatable bonds is 3. The van der Waals surface area contributed by atoms with E-state index in [0.717, 1.165) is 5.69 Å². The van der Waals surface area contributed by atoms with Gasteiger partial charge in [0.1, 0.15) is 5.76 Å². The summed E-state index contributed by atoms with van der Waals surface area (Å²) in [4.78, 5) is 12.8. The SMILES string of the molecule is O=C1/C(=C/c2ccco2)SC(=S)N1Nc1ccccc1. The van der Waals surface area contributed by atoms with Gasteiger partial charge in [0.15, 0.2) is 4.32 Å². The van der Waals surface area contributed by atoms with Crippen molar-refractivity contribution in [1.82, 2.24) is 5.01 Å². The van der Waals surface area contributed by atoms with Gasteiger partial charge in [0.05, 0.1) is 16.9 Å². The average molecular weight is 302 g/mol. The maximum atomic E-state index is 12.3. The summed E-state index contributed by atoms with van der Waals surface area (Å²) in [5.74, 6) is 0.450. The number of anilines is 1. The van der Waals surface area contributed by atoms with Crippen LogP contribution in [0.5, 0.6) is 0 Å². The molecule has 1 amide bonds. The van der Waals surface area contributed by atoms with Crippen LogP contribution in [0.4, 0.5) is 5.69 Å². The van der Waals surface area contributed by atoms with Gasteiger partial charge in [-0.1, -0.05) is 30.0 Å². The number of thioether (sulfide) groups is 1. The number of thiocarbonyl (C=S) groups is 1. The van der Waals surface area contributed by atoms with Gasteiger partial charge in [-0.15, -0.1) is 0 Å². The Hall–Kier alpha value is -2.05. The molecule has 0 atom stereocenters. The van der Waals surface area contributed by atoms with Crippen LogP contribution in [0.25, 0.3) is 6.08 Å². The zero-order valence-electron chi connectivity index (χ0n) is 10.3. The van der Waals surface area contributed by atoms with Crippen LogP contribution in [0.1, 0.15) is 5.76 Å². The highest BCUT2D eigenvalue weighted by atomic mass is 32.2. The highest BCUT2D eigenvalue weighted by Crippen LogP contribution is 2.32. The van der Waals surface area contributed by atoms with Crippen LogP contribution >= 0.6 is 24.0 Å². The number of para-hydroxylation sites is 1. The average Bonchev–Trinajstić information content (AvgIpc) is 3.05. The zero-order chi connectivity index (χ0) is 13.9. The molecule has 0 saturated carbocycles. The topological polar surface area (TPSA) is 45.5 Å². The molecule has 4 nitrogen and oxygen atoms in total. The summed E-state index contributed by atoms with van der Waals surface area (Å²) in [6.07, 6.45) is 3.25. The predicted octanol–water partition coefficient (Wildman–Crippen LogP) is 3.51. The second-order valence-corrected chi connectivity index (χ2v) is 5.69. The van der Waals surface area contributed by atoms with Gasteiger partial charge in [0.25, 0.3) is 5.91 Å². The molecule has 0 aliphatic carbocycles. The van der Waals surface area contributed by atoms with Crippen LogP contribution in [0.3, 0.4) is 0 Å². The molecular weight excluding hydrogens is 292 g/mol. The van der Waals surface area contributed by atoms with Gasteiger partial charge < -0.3 is 4.42 Å². The van der Waals surface area contributed by atoms with E-state index in [0.29, 0.717) is 15.0 Å². The van der Waals surface area contributed by atoms with E-state index >= 15 is 0 Å². The molecule has 1 saturated heterocycles. The molecule has 1 aromatic heterocycles. The minimum atomic E-state index is -0.180. The van der Waals surface area contributed by atoms with Crippen LogP contribution in [0.15, 0.2) is 58.1 Å². The monoisotopic (exact) mass is 302 g/mol. The Morgan fingerprint density at radius 3 is 2.70 bits per heavy atom. The second-order valence-electron chi connectivity index (χ2n) is 4.01. The summed E-state index contributed by atoms with van der Waals surface area (Å²) in [6, 6.07) is 13.0. The van der Waals surface area contributed by atoms with Gasteiger partial charge in [-0.25, -0.2) is 5.01 Å². The van der Waals surface area contributed by atoms with Crippen LogP contribution in [0.2, 0.25) is 0 Å². The predicted molar refractivity (Wildman–Crippen MR) is 83.8 cm³/mol. The molecule has 1 aromatic carbocycles. The summed E-state index contributed by atoms with van der Waals surface area (Å²) in [5.41, 5.74) is 3.81. The van der Waals surface area contributed by atoms with Crippen LogP contribution < -0.4 is 5.43 Å². The molecule has 2 heterocycles.